The van der Waals surface area contributed by atoms with Crippen LogP contribution in [0.3, 0.4) is 0 Å². The predicted molar refractivity (Wildman–Crippen MR) is 192 cm³/mol. The molecular weight excluding hydrogens is 621 g/mol. The summed E-state index contributed by atoms with van der Waals surface area (Å²) in [6.45, 7) is 6.66. The molecule has 1 aliphatic rings. The van der Waals surface area contributed by atoms with Gasteiger partial charge < -0.3 is 18.8 Å². The highest BCUT2D eigenvalue weighted by Gasteiger charge is 2.19. The van der Waals surface area contributed by atoms with E-state index in [0.717, 1.165) is 60.8 Å². The molecule has 0 unspecified atom stereocenters. The largest absolute Gasteiger partial charge is 0.494 e. The van der Waals surface area contributed by atoms with Crippen molar-refractivity contribution in [1.82, 2.24) is 14.0 Å². The molecule has 0 amide bonds. The van der Waals surface area contributed by atoms with E-state index in [1.807, 2.05) is 28.8 Å². The summed E-state index contributed by atoms with van der Waals surface area (Å²) in [6, 6.07) is 39.9. The maximum Gasteiger partial charge on any atom is 0.203 e. The topological polar surface area (TPSA) is 49.4 Å². The average Bonchev–Trinajstić information content (AvgIpc) is 3.38. The van der Waals surface area contributed by atoms with Crippen molar-refractivity contribution in [3.8, 4) is 16.9 Å². The maximum atomic E-state index is 13.2. The standard InChI is InChI=1S/C40H39ClFN5O/c41-33-14-12-31(13-15-33)37-7-2-1-6-32(37)29-44-23-25-45(26-24-44)35-18-10-30(11-19-35)28-47-39-9-4-3-8-38(39)46(40(47)43)22-5-27-48-36-20-16-34(42)17-21-36/h1-4,6-21,43H,5,22-29H2. The van der Waals surface area contributed by atoms with Gasteiger partial charge in [0.2, 0.25) is 5.62 Å². The van der Waals surface area contributed by atoms with E-state index in [4.69, 9.17) is 21.7 Å². The number of imidazole rings is 1. The van der Waals surface area contributed by atoms with Gasteiger partial charge in [0.25, 0.3) is 0 Å². The highest BCUT2D eigenvalue weighted by atomic mass is 35.5. The number of halogens is 2. The summed E-state index contributed by atoms with van der Waals surface area (Å²) in [5, 5.41) is 9.80. The van der Waals surface area contributed by atoms with Crippen molar-refractivity contribution >= 4 is 28.3 Å². The van der Waals surface area contributed by atoms with E-state index in [0.29, 0.717) is 31.1 Å². The number of hydrogen-bond donors (Lipinski definition) is 1. The predicted octanol–water partition coefficient (Wildman–Crippen LogP) is 8.22. The number of piperazine rings is 1. The molecule has 1 N–H and O–H groups in total. The molecule has 6 aromatic rings. The van der Waals surface area contributed by atoms with Gasteiger partial charge in [-0.3, -0.25) is 10.3 Å². The van der Waals surface area contributed by atoms with Crippen molar-refractivity contribution in [3.63, 3.8) is 0 Å². The molecule has 0 atom stereocenters. The van der Waals surface area contributed by atoms with E-state index >= 15 is 0 Å². The van der Waals surface area contributed by atoms with E-state index in [2.05, 4.69) is 87.2 Å². The normalized spacial score (nSPS) is 13.7. The van der Waals surface area contributed by atoms with Gasteiger partial charge in [-0.05, 0) is 89.3 Å². The summed E-state index contributed by atoms with van der Waals surface area (Å²) in [5.41, 5.74) is 8.74. The molecule has 0 bridgehead atoms. The highest BCUT2D eigenvalue weighted by Crippen LogP contribution is 2.27. The Bertz CT molecular complexity index is 2030. The highest BCUT2D eigenvalue weighted by molar-refractivity contribution is 6.30. The quantitative estimate of drug-likeness (QED) is 0.143. The van der Waals surface area contributed by atoms with E-state index < -0.39 is 0 Å². The molecule has 5 aromatic carbocycles. The van der Waals surface area contributed by atoms with Gasteiger partial charge in [-0.1, -0.05) is 72.3 Å². The summed E-state index contributed by atoms with van der Waals surface area (Å²) < 4.78 is 23.1. The van der Waals surface area contributed by atoms with Crippen molar-refractivity contribution in [3.05, 3.63) is 149 Å². The Labute approximate surface area is 285 Å². The molecule has 0 saturated carbocycles. The van der Waals surface area contributed by atoms with Gasteiger partial charge in [0.15, 0.2) is 0 Å². The molecule has 0 spiro atoms. The lowest BCUT2D eigenvalue weighted by molar-refractivity contribution is 0.250. The molecule has 8 heteroatoms. The molecule has 0 radical (unpaired) electrons. The minimum absolute atomic E-state index is 0.276. The van der Waals surface area contributed by atoms with Crippen LogP contribution in [0.2, 0.25) is 5.02 Å². The van der Waals surface area contributed by atoms with Gasteiger partial charge in [-0.25, -0.2) is 4.39 Å². The van der Waals surface area contributed by atoms with Gasteiger partial charge in [-0.2, -0.15) is 0 Å². The number of aryl methyl sites for hydroxylation is 1. The Morgan fingerprint density at radius 3 is 2.08 bits per heavy atom. The maximum absolute atomic E-state index is 13.2. The van der Waals surface area contributed by atoms with Crippen LogP contribution < -0.4 is 15.3 Å². The third-order valence-electron chi connectivity index (χ3n) is 9.16. The molecule has 0 aliphatic carbocycles. The molecule has 2 heterocycles. The number of nitrogens with zero attached hydrogens (tertiary/aromatic N) is 4. The number of ether oxygens (including phenoxy) is 1. The van der Waals surface area contributed by atoms with E-state index in [1.165, 1.54) is 34.5 Å². The first-order valence-electron chi connectivity index (χ1n) is 16.5. The number of anilines is 1. The fraction of sp³-hybridized carbons (Fsp3) is 0.225. The Morgan fingerprint density at radius 1 is 0.688 bits per heavy atom. The van der Waals surface area contributed by atoms with Crippen LogP contribution in [0.5, 0.6) is 5.75 Å². The number of hydrogen-bond acceptors (Lipinski definition) is 4. The summed E-state index contributed by atoms with van der Waals surface area (Å²) in [4.78, 5) is 5.01. The first-order chi connectivity index (χ1) is 23.5. The summed E-state index contributed by atoms with van der Waals surface area (Å²) >= 11 is 6.14. The number of rotatable bonds is 11. The van der Waals surface area contributed by atoms with Crippen LogP contribution in [-0.2, 0) is 19.6 Å². The monoisotopic (exact) mass is 659 g/mol. The minimum Gasteiger partial charge on any atom is -0.494 e. The molecule has 48 heavy (non-hydrogen) atoms. The average molecular weight is 660 g/mol. The van der Waals surface area contributed by atoms with Crippen LogP contribution in [0, 0.1) is 11.2 Å². The van der Waals surface area contributed by atoms with Crippen molar-refractivity contribution in [2.24, 2.45) is 0 Å². The van der Waals surface area contributed by atoms with Gasteiger partial charge in [0.05, 0.1) is 24.2 Å². The smallest absolute Gasteiger partial charge is 0.203 e. The number of fused-ring (bicyclic) bond motifs is 1. The molecule has 1 aromatic heterocycles. The first-order valence-corrected chi connectivity index (χ1v) is 16.9. The molecule has 1 saturated heterocycles. The van der Waals surface area contributed by atoms with Crippen LogP contribution in [0.15, 0.2) is 121 Å². The molecule has 1 aliphatic heterocycles. The van der Waals surface area contributed by atoms with Gasteiger partial charge in [0, 0.05) is 50.0 Å². The Balaban J connectivity index is 0.966. The molecule has 1 fully saturated rings. The summed E-state index contributed by atoms with van der Waals surface area (Å²) in [7, 11) is 0. The third-order valence-corrected chi connectivity index (χ3v) is 9.42. The third kappa shape index (κ3) is 7.18. The minimum atomic E-state index is -0.276. The molecular formula is C40H39ClFN5O. The zero-order valence-electron chi connectivity index (χ0n) is 26.9. The van der Waals surface area contributed by atoms with Crippen molar-refractivity contribution < 1.29 is 9.13 Å². The second kappa shape index (κ2) is 14.5. The number of nitrogens with one attached hydrogen (secondary N) is 1. The summed E-state index contributed by atoms with van der Waals surface area (Å²) in [5.74, 6) is 0.373. The molecule has 244 valence electrons. The lowest BCUT2D eigenvalue weighted by atomic mass is 9.99. The number of para-hydroxylation sites is 2. The van der Waals surface area contributed by atoms with E-state index in [1.54, 1.807) is 12.1 Å². The van der Waals surface area contributed by atoms with E-state index in [-0.39, 0.29) is 5.82 Å². The molecule has 7 rings (SSSR count). The second-order valence-electron chi connectivity index (χ2n) is 12.3. The van der Waals surface area contributed by atoms with Crippen LogP contribution in [0.25, 0.3) is 22.2 Å². The van der Waals surface area contributed by atoms with E-state index in [9.17, 15) is 4.39 Å². The number of benzene rings is 5. The zero-order valence-corrected chi connectivity index (χ0v) is 27.6. The van der Waals surface area contributed by atoms with Crippen molar-refractivity contribution in [2.45, 2.75) is 26.1 Å². The van der Waals surface area contributed by atoms with Gasteiger partial charge in [0.1, 0.15) is 11.6 Å². The lowest BCUT2D eigenvalue weighted by Crippen LogP contribution is -2.46. The van der Waals surface area contributed by atoms with Crippen LogP contribution in [-0.4, -0.2) is 46.8 Å². The van der Waals surface area contributed by atoms with Crippen LogP contribution in [0.1, 0.15) is 17.5 Å². The summed E-state index contributed by atoms with van der Waals surface area (Å²) in [6.07, 6.45) is 0.735. The van der Waals surface area contributed by atoms with Crippen molar-refractivity contribution in [1.29, 1.82) is 5.41 Å². The molecule has 6 nitrogen and oxygen atoms in total. The fourth-order valence-corrected chi connectivity index (χ4v) is 6.72. The number of aromatic nitrogens is 2. The Hall–Kier alpha value is -4.85. The van der Waals surface area contributed by atoms with Crippen LogP contribution >= 0.6 is 11.6 Å². The zero-order chi connectivity index (χ0) is 32.9. The van der Waals surface area contributed by atoms with Crippen molar-refractivity contribution in [2.75, 3.05) is 37.7 Å². The fourth-order valence-electron chi connectivity index (χ4n) is 6.59. The van der Waals surface area contributed by atoms with Gasteiger partial charge in [-0.15, -0.1) is 0 Å². The first kappa shape index (κ1) is 31.7. The van der Waals surface area contributed by atoms with Gasteiger partial charge >= 0.3 is 0 Å². The lowest BCUT2D eigenvalue weighted by Gasteiger charge is -2.36. The second-order valence-corrected chi connectivity index (χ2v) is 12.7. The Morgan fingerprint density at radius 2 is 1.35 bits per heavy atom. The Kier molecular flexibility index (Phi) is 9.59. The SMILES string of the molecule is N=c1n(CCCOc2ccc(F)cc2)c2ccccc2n1Cc1ccc(N2CCN(Cc3ccccc3-c3ccc(Cl)cc3)CC2)cc1. The van der Waals surface area contributed by atoms with Crippen LogP contribution in [0.4, 0.5) is 10.1 Å².